The number of fused-ring (bicyclic) bond motifs is 1. The molecule has 1 aliphatic heterocycles. The molecule has 0 aliphatic carbocycles. The molecule has 1 heterocycles. The molecule has 0 saturated carbocycles. The molecule has 2 heteroatoms. The van der Waals surface area contributed by atoms with Crippen molar-refractivity contribution in [2.75, 3.05) is 11.9 Å². The summed E-state index contributed by atoms with van der Waals surface area (Å²) < 4.78 is 5.72. The van der Waals surface area contributed by atoms with Crippen LogP contribution in [0.5, 0.6) is 5.75 Å². The molecule has 0 bridgehead atoms. The molecule has 1 atom stereocenters. The zero-order chi connectivity index (χ0) is 13.8. The first kappa shape index (κ1) is 13.0. The average molecular weight is 267 g/mol. The molecular formula is C18H21NO. The van der Waals surface area contributed by atoms with Crippen LogP contribution in [-0.2, 0) is 12.8 Å². The van der Waals surface area contributed by atoms with Gasteiger partial charge in [0.25, 0.3) is 0 Å². The quantitative estimate of drug-likeness (QED) is 0.902. The van der Waals surface area contributed by atoms with E-state index in [4.69, 9.17) is 4.74 Å². The lowest BCUT2D eigenvalue weighted by molar-refractivity contribution is 0.335. The second-order valence-corrected chi connectivity index (χ2v) is 5.28. The van der Waals surface area contributed by atoms with Gasteiger partial charge in [0.05, 0.1) is 6.61 Å². The lowest BCUT2D eigenvalue weighted by Gasteiger charge is -2.27. The lowest BCUT2D eigenvalue weighted by atomic mass is 9.93. The number of benzene rings is 2. The molecule has 0 aromatic heterocycles. The SMILES string of the molecule is CCOc1ccccc1CC1CCc2ccccc2N1. The van der Waals surface area contributed by atoms with Gasteiger partial charge in [0, 0.05) is 11.7 Å². The Morgan fingerprint density at radius 1 is 1.10 bits per heavy atom. The smallest absolute Gasteiger partial charge is 0.122 e. The minimum atomic E-state index is 0.492. The Morgan fingerprint density at radius 3 is 2.80 bits per heavy atom. The molecule has 0 amide bonds. The van der Waals surface area contributed by atoms with Crippen molar-refractivity contribution in [3.05, 3.63) is 59.7 Å². The van der Waals surface area contributed by atoms with Gasteiger partial charge in [0.1, 0.15) is 5.75 Å². The summed E-state index contributed by atoms with van der Waals surface area (Å²) in [5.74, 6) is 1.02. The van der Waals surface area contributed by atoms with Crippen LogP contribution in [0.4, 0.5) is 5.69 Å². The van der Waals surface area contributed by atoms with Crippen molar-refractivity contribution < 1.29 is 4.74 Å². The molecule has 3 rings (SSSR count). The molecule has 0 saturated heterocycles. The topological polar surface area (TPSA) is 21.3 Å². The van der Waals surface area contributed by atoms with E-state index in [-0.39, 0.29) is 0 Å². The molecule has 20 heavy (non-hydrogen) atoms. The number of nitrogens with one attached hydrogen (secondary N) is 1. The maximum absolute atomic E-state index is 5.72. The first-order valence-corrected chi connectivity index (χ1v) is 7.42. The van der Waals surface area contributed by atoms with Crippen molar-refractivity contribution in [2.45, 2.75) is 32.2 Å². The Labute approximate surface area is 120 Å². The highest BCUT2D eigenvalue weighted by Gasteiger charge is 2.18. The van der Waals surface area contributed by atoms with E-state index in [1.54, 1.807) is 0 Å². The Morgan fingerprint density at radius 2 is 1.90 bits per heavy atom. The van der Waals surface area contributed by atoms with Gasteiger partial charge in [-0.05, 0) is 49.4 Å². The molecule has 2 aromatic carbocycles. The van der Waals surface area contributed by atoms with E-state index in [1.807, 2.05) is 13.0 Å². The summed E-state index contributed by atoms with van der Waals surface area (Å²) in [5, 5.41) is 3.66. The fourth-order valence-corrected chi connectivity index (χ4v) is 2.89. The normalized spacial score (nSPS) is 17.1. The minimum absolute atomic E-state index is 0.492. The van der Waals surface area contributed by atoms with Crippen LogP contribution in [-0.4, -0.2) is 12.6 Å². The van der Waals surface area contributed by atoms with Crippen molar-refractivity contribution in [1.29, 1.82) is 0 Å². The highest BCUT2D eigenvalue weighted by Crippen LogP contribution is 2.28. The van der Waals surface area contributed by atoms with Crippen LogP contribution in [0.3, 0.4) is 0 Å². The average Bonchev–Trinajstić information content (AvgIpc) is 2.49. The van der Waals surface area contributed by atoms with Crippen molar-refractivity contribution in [2.24, 2.45) is 0 Å². The molecule has 1 N–H and O–H groups in total. The van der Waals surface area contributed by atoms with Gasteiger partial charge in [-0.3, -0.25) is 0 Å². The van der Waals surface area contributed by atoms with Crippen molar-refractivity contribution in [3.8, 4) is 5.75 Å². The third-order valence-corrected chi connectivity index (χ3v) is 3.88. The number of ether oxygens (including phenoxy) is 1. The number of anilines is 1. The van der Waals surface area contributed by atoms with Crippen molar-refractivity contribution in [3.63, 3.8) is 0 Å². The summed E-state index contributed by atoms with van der Waals surface area (Å²) in [6.45, 7) is 2.75. The molecule has 2 aromatic rings. The van der Waals surface area contributed by atoms with Crippen LogP contribution >= 0.6 is 0 Å². The number of hydrogen-bond acceptors (Lipinski definition) is 2. The fourth-order valence-electron chi connectivity index (χ4n) is 2.89. The Balaban J connectivity index is 1.74. The van der Waals surface area contributed by atoms with Crippen molar-refractivity contribution in [1.82, 2.24) is 0 Å². The highest BCUT2D eigenvalue weighted by molar-refractivity contribution is 5.54. The number of rotatable bonds is 4. The van der Waals surface area contributed by atoms with Crippen LogP contribution in [0.25, 0.3) is 0 Å². The molecule has 1 unspecified atom stereocenters. The summed E-state index contributed by atoms with van der Waals surface area (Å²) in [7, 11) is 0. The summed E-state index contributed by atoms with van der Waals surface area (Å²) in [5.41, 5.74) is 4.02. The first-order valence-electron chi connectivity index (χ1n) is 7.42. The van der Waals surface area contributed by atoms with Gasteiger partial charge < -0.3 is 10.1 Å². The highest BCUT2D eigenvalue weighted by atomic mass is 16.5. The van der Waals surface area contributed by atoms with E-state index in [0.29, 0.717) is 6.04 Å². The van der Waals surface area contributed by atoms with Crippen LogP contribution in [0, 0.1) is 0 Å². The number of hydrogen-bond donors (Lipinski definition) is 1. The molecule has 0 spiro atoms. The van der Waals surface area contributed by atoms with Gasteiger partial charge in [0.2, 0.25) is 0 Å². The maximum atomic E-state index is 5.72. The van der Waals surface area contributed by atoms with E-state index < -0.39 is 0 Å². The molecule has 2 nitrogen and oxygen atoms in total. The zero-order valence-corrected chi connectivity index (χ0v) is 11.9. The fraction of sp³-hybridized carbons (Fsp3) is 0.333. The molecule has 1 aliphatic rings. The second kappa shape index (κ2) is 6.00. The summed E-state index contributed by atoms with van der Waals surface area (Å²) >= 11 is 0. The Hall–Kier alpha value is -1.96. The predicted octanol–water partition coefficient (Wildman–Crippen LogP) is 4.05. The third-order valence-electron chi connectivity index (χ3n) is 3.88. The standard InChI is InChI=1S/C18H21NO/c1-2-20-18-10-6-4-8-15(18)13-16-12-11-14-7-3-5-9-17(14)19-16/h3-10,16,19H,2,11-13H2,1H3. The van der Waals surface area contributed by atoms with Gasteiger partial charge in [-0.2, -0.15) is 0 Å². The molecule has 104 valence electrons. The molecular weight excluding hydrogens is 246 g/mol. The van der Waals surface area contributed by atoms with E-state index in [0.717, 1.165) is 25.2 Å². The van der Waals surface area contributed by atoms with E-state index >= 15 is 0 Å². The van der Waals surface area contributed by atoms with Crippen LogP contribution < -0.4 is 10.1 Å². The van der Waals surface area contributed by atoms with Crippen LogP contribution in [0.15, 0.2) is 48.5 Å². The van der Waals surface area contributed by atoms with E-state index in [1.165, 1.54) is 23.2 Å². The van der Waals surface area contributed by atoms with Gasteiger partial charge in [-0.15, -0.1) is 0 Å². The minimum Gasteiger partial charge on any atom is -0.494 e. The van der Waals surface area contributed by atoms with Gasteiger partial charge in [-0.25, -0.2) is 0 Å². The summed E-state index contributed by atoms with van der Waals surface area (Å²) in [4.78, 5) is 0. The van der Waals surface area contributed by atoms with Crippen molar-refractivity contribution >= 4 is 5.69 Å². The maximum Gasteiger partial charge on any atom is 0.122 e. The van der Waals surface area contributed by atoms with Crippen LogP contribution in [0.2, 0.25) is 0 Å². The van der Waals surface area contributed by atoms with Gasteiger partial charge in [0.15, 0.2) is 0 Å². The first-order chi connectivity index (χ1) is 9.86. The predicted molar refractivity (Wildman–Crippen MR) is 83.5 cm³/mol. The summed E-state index contributed by atoms with van der Waals surface area (Å²) in [6, 6.07) is 17.5. The lowest BCUT2D eigenvalue weighted by Crippen LogP contribution is -2.27. The monoisotopic (exact) mass is 267 g/mol. The van der Waals surface area contributed by atoms with E-state index in [2.05, 4.69) is 47.8 Å². The largest absolute Gasteiger partial charge is 0.494 e. The zero-order valence-electron chi connectivity index (χ0n) is 11.9. The Kier molecular flexibility index (Phi) is 3.91. The number of aryl methyl sites for hydroxylation is 1. The Bertz CT molecular complexity index is 579. The summed E-state index contributed by atoms with van der Waals surface area (Å²) in [6.07, 6.45) is 3.35. The van der Waals surface area contributed by atoms with Gasteiger partial charge >= 0.3 is 0 Å². The van der Waals surface area contributed by atoms with Gasteiger partial charge in [-0.1, -0.05) is 36.4 Å². The molecule has 0 fully saturated rings. The number of para-hydroxylation sites is 2. The second-order valence-electron chi connectivity index (χ2n) is 5.28. The van der Waals surface area contributed by atoms with Crippen LogP contribution in [0.1, 0.15) is 24.5 Å². The third kappa shape index (κ3) is 2.79. The molecule has 0 radical (unpaired) electrons. The van der Waals surface area contributed by atoms with E-state index in [9.17, 15) is 0 Å².